The molecule has 0 unspecified atom stereocenters. The van der Waals surface area contributed by atoms with Crippen LogP contribution in [0, 0.1) is 0 Å². The number of ether oxygens (including phenoxy) is 2. The van der Waals surface area contributed by atoms with Gasteiger partial charge in [0.1, 0.15) is 28.3 Å². The fourth-order valence-electron chi connectivity index (χ4n) is 2.86. The number of hydrogen-bond acceptors (Lipinski definition) is 3. The first-order valence-electron chi connectivity index (χ1n) is 8.20. The molecule has 0 fully saturated rings. The second kappa shape index (κ2) is 8.09. The highest BCUT2D eigenvalue weighted by molar-refractivity contribution is 7.83. The van der Waals surface area contributed by atoms with Crippen molar-refractivity contribution < 1.29 is 14.4 Å². The predicted molar refractivity (Wildman–Crippen MR) is 110 cm³/mol. The van der Waals surface area contributed by atoms with Gasteiger partial charge in [0.05, 0.1) is 14.2 Å². The van der Waals surface area contributed by atoms with E-state index in [1.54, 1.807) is 14.2 Å². The molecule has 3 rings (SSSR count). The topological polar surface area (TPSA) is 38.7 Å². The van der Waals surface area contributed by atoms with Crippen LogP contribution in [0.25, 0.3) is 0 Å². The molecule has 1 N–H and O–H groups in total. The SMILES string of the molecule is COc1ccc([P+](O)(Cc2ccccc2Cl)c2ccc(OC)cc2)cc1. The van der Waals surface area contributed by atoms with Crippen LogP contribution in [-0.4, -0.2) is 19.1 Å². The summed E-state index contributed by atoms with van der Waals surface area (Å²) >= 11 is 6.37. The third-order valence-corrected chi connectivity index (χ3v) is 7.83. The average molecular weight is 388 g/mol. The number of halogens is 1. The number of hydrogen-bond donors (Lipinski definition) is 1. The van der Waals surface area contributed by atoms with Gasteiger partial charge in [0.15, 0.2) is 0 Å². The molecule has 0 radical (unpaired) electrons. The van der Waals surface area contributed by atoms with Gasteiger partial charge in [-0.05, 0) is 54.6 Å². The monoisotopic (exact) mass is 387 g/mol. The first-order valence-corrected chi connectivity index (χ1v) is 10.5. The lowest BCUT2D eigenvalue weighted by Gasteiger charge is -2.21. The van der Waals surface area contributed by atoms with Gasteiger partial charge >= 0.3 is 0 Å². The van der Waals surface area contributed by atoms with Gasteiger partial charge in [0.2, 0.25) is 7.49 Å². The molecule has 134 valence electrons. The van der Waals surface area contributed by atoms with Crippen LogP contribution >= 0.6 is 19.1 Å². The van der Waals surface area contributed by atoms with E-state index in [4.69, 9.17) is 21.1 Å². The fraction of sp³-hybridized carbons (Fsp3) is 0.143. The summed E-state index contributed by atoms with van der Waals surface area (Å²) < 4.78 is 10.5. The van der Waals surface area contributed by atoms with Crippen molar-refractivity contribution in [2.24, 2.45) is 0 Å². The zero-order chi connectivity index (χ0) is 18.6. The van der Waals surface area contributed by atoms with Crippen molar-refractivity contribution in [3.8, 4) is 11.5 Å². The molecular weight excluding hydrogens is 367 g/mol. The Kier molecular flexibility index (Phi) is 5.83. The lowest BCUT2D eigenvalue weighted by molar-refractivity contribution is 0.415. The molecule has 0 amide bonds. The number of rotatable bonds is 6. The molecule has 0 bridgehead atoms. The van der Waals surface area contributed by atoms with E-state index in [1.165, 1.54) is 0 Å². The maximum Gasteiger partial charge on any atom is 0.210 e. The van der Waals surface area contributed by atoms with E-state index in [0.717, 1.165) is 27.7 Å². The molecule has 26 heavy (non-hydrogen) atoms. The molecule has 3 aromatic rings. The highest BCUT2D eigenvalue weighted by Crippen LogP contribution is 2.56. The van der Waals surface area contributed by atoms with Gasteiger partial charge in [-0.3, -0.25) is 0 Å². The minimum absolute atomic E-state index is 0.464. The molecule has 0 heterocycles. The van der Waals surface area contributed by atoms with Gasteiger partial charge in [-0.25, -0.2) is 4.89 Å². The van der Waals surface area contributed by atoms with Gasteiger partial charge in [-0.15, -0.1) is 0 Å². The van der Waals surface area contributed by atoms with Crippen LogP contribution in [0.3, 0.4) is 0 Å². The number of methoxy groups -OCH3 is 2. The molecule has 0 saturated heterocycles. The second-order valence-electron chi connectivity index (χ2n) is 5.92. The summed E-state index contributed by atoms with van der Waals surface area (Å²) in [4.78, 5) is 11.8. The summed E-state index contributed by atoms with van der Waals surface area (Å²) in [7, 11) is 0.578. The van der Waals surface area contributed by atoms with Crippen LogP contribution in [-0.2, 0) is 6.16 Å². The zero-order valence-corrected chi connectivity index (χ0v) is 16.4. The summed E-state index contributed by atoms with van der Waals surface area (Å²) in [5.74, 6) is 1.51. The summed E-state index contributed by atoms with van der Waals surface area (Å²) in [6.07, 6.45) is 0.464. The Bertz CT molecular complexity index is 816. The Hall–Kier alpha value is -2.06. The quantitative estimate of drug-likeness (QED) is 0.636. The van der Waals surface area contributed by atoms with Crippen molar-refractivity contribution in [3.05, 3.63) is 83.4 Å². The standard InChI is InChI=1S/C21H21ClO3P/c1-24-17-7-11-19(12-8-17)26(23,15-16-5-3-4-6-21(16)22)20-13-9-18(25-2)10-14-20/h3-14,23H,15H2,1-2H3/q+1. The van der Waals surface area contributed by atoms with Gasteiger partial charge in [-0.2, -0.15) is 0 Å². The number of benzene rings is 3. The Morgan fingerprint density at radius 2 is 1.23 bits per heavy atom. The molecule has 0 saturated carbocycles. The summed E-state index contributed by atoms with van der Waals surface area (Å²) in [5, 5.41) is 2.42. The van der Waals surface area contributed by atoms with Gasteiger partial charge in [0, 0.05) is 10.6 Å². The Morgan fingerprint density at radius 3 is 1.65 bits per heavy atom. The third-order valence-electron chi connectivity index (χ3n) is 4.36. The van der Waals surface area contributed by atoms with Crippen molar-refractivity contribution in [1.29, 1.82) is 0 Å². The van der Waals surface area contributed by atoms with Crippen LogP contribution in [0.15, 0.2) is 72.8 Å². The smallest absolute Gasteiger partial charge is 0.210 e. The van der Waals surface area contributed by atoms with Gasteiger partial charge in [0.25, 0.3) is 0 Å². The van der Waals surface area contributed by atoms with E-state index in [1.807, 2.05) is 72.8 Å². The summed E-state index contributed by atoms with van der Waals surface area (Å²) in [6, 6.07) is 22.8. The van der Waals surface area contributed by atoms with E-state index >= 15 is 0 Å². The first kappa shape index (κ1) is 18.7. The molecule has 0 aliphatic carbocycles. The molecule has 0 atom stereocenters. The molecule has 3 nitrogen and oxygen atoms in total. The van der Waals surface area contributed by atoms with E-state index in [2.05, 4.69) is 0 Å². The van der Waals surface area contributed by atoms with Crippen molar-refractivity contribution in [2.45, 2.75) is 6.16 Å². The summed E-state index contributed by atoms with van der Waals surface area (Å²) in [6.45, 7) is 0. The van der Waals surface area contributed by atoms with E-state index in [0.29, 0.717) is 11.2 Å². The van der Waals surface area contributed by atoms with E-state index in [-0.39, 0.29) is 0 Å². The molecule has 5 heteroatoms. The first-order chi connectivity index (χ1) is 12.6. The third kappa shape index (κ3) is 3.86. The normalized spacial score (nSPS) is 11.2. The lowest BCUT2D eigenvalue weighted by atomic mass is 10.2. The Balaban J connectivity index is 2.08. The fourth-order valence-corrected chi connectivity index (χ4v) is 5.87. The maximum atomic E-state index is 11.8. The maximum absolute atomic E-state index is 11.8. The summed E-state index contributed by atoms with van der Waals surface area (Å²) in [5.41, 5.74) is 0.927. The average Bonchev–Trinajstić information content (AvgIpc) is 2.70. The van der Waals surface area contributed by atoms with Crippen molar-refractivity contribution in [2.75, 3.05) is 14.2 Å². The minimum atomic E-state index is -2.68. The van der Waals surface area contributed by atoms with Crippen LogP contribution in [0.5, 0.6) is 11.5 Å². The van der Waals surface area contributed by atoms with Crippen molar-refractivity contribution in [3.63, 3.8) is 0 Å². The van der Waals surface area contributed by atoms with Gasteiger partial charge < -0.3 is 9.47 Å². The van der Waals surface area contributed by atoms with Crippen molar-refractivity contribution >= 4 is 29.7 Å². The molecular formula is C21H21ClO3P+. The molecule has 0 spiro atoms. The van der Waals surface area contributed by atoms with E-state index < -0.39 is 7.49 Å². The highest BCUT2D eigenvalue weighted by atomic mass is 35.5. The van der Waals surface area contributed by atoms with Crippen LogP contribution in [0.2, 0.25) is 5.02 Å². The van der Waals surface area contributed by atoms with Crippen molar-refractivity contribution in [1.82, 2.24) is 0 Å². The largest absolute Gasteiger partial charge is 0.497 e. The Morgan fingerprint density at radius 1 is 0.769 bits per heavy atom. The molecule has 0 aromatic heterocycles. The molecule has 0 aliphatic heterocycles. The minimum Gasteiger partial charge on any atom is -0.497 e. The van der Waals surface area contributed by atoms with Crippen LogP contribution < -0.4 is 20.1 Å². The molecule has 3 aromatic carbocycles. The molecule has 0 aliphatic rings. The second-order valence-corrected chi connectivity index (χ2v) is 9.21. The lowest BCUT2D eigenvalue weighted by Crippen LogP contribution is -2.23. The zero-order valence-electron chi connectivity index (χ0n) is 14.7. The highest BCUT2D eigenvalue weighted by Gasteiger charge is 2.42. The predicted octanol–water partition coefficient (Wildman–Crippen LogP) is 4.43. The van der Waals surface area contributed by atoms with Crippen LogP contribution in [0.1, 0.15) is 5.56 Å². The van der Waals surface area contributed by atoms with Crippen LogP contribution in [0.4, 0.5) is 0 Å². The van der Waals surface area contributed by atoms with E-state index in [9.17, 15) is 4.89 Å². The Labute approximate surface area is 159 Å². The van der Waals surface area contributed by atoms with Gasteiger partial charge in [-0.1, -0.05) is 29.8 Å².